The number of carbonyl (C=O) groups is 1. The maximum atomic E-state index is 12.8. The van der Waals surface area contributed by atoms with Crippen LogP contribution in [0.5, 0.6) is 5.75 Å². The average Bonchev–Trinajstić information content (AvgIpc) is 3.56. The molecule has 1 N–H and O–H groups in total. The van der Waals surface area contributed by atoms with E-state index in [2.05, 4.69) is 31.1 Å². The van der Waals surface area contributed by atoms with Crippen LogP contribution in [0.1, 0.15) is 30.1 Å². The zero-order valence-electron chi connectivity index (χ0n) is 17.1. The number of ether oxygens (including phenoxy) is 1. The third kappa shape index (κ3) is 6.41. The van der Waals surface area contributed by atoms with Gasteiger partial charge in [-0.1, -0.05) is 18.2 Å². The van der Waals surface area contributed by atoms with Gasteiger partial charge in [0.05, 0.1) is 11.7 Å². The molecule has 3 rings (SSSR count). The number of rotatable bonds is 9. The second-order valence-electron chi connectivity index (χ2n) is 7.56. The largest absolute Gasteiger partial charge is 0.492 e. The number of benzene rings is 1. The molecule has 1 heterocycles. The zero-order chi connectivity index (χ0) is 21.5. The summed E-state index contributed by atoms with van der Waals surface area (Å²) in [5.41, 5.74) is 1.61. The van der Waals surface area contributed by atoms with Gasteiger partial charge in [-0.05, 0) is 84.7 Å². The van der Waals surface area contributed by atoms with Crippen molar-refractivity contribution in [2.45, 2.75) is 18.9 Å². The van der Waals surface area contributed by atoms with Gasteiger partial charge in [0.25, 0.3) is 5.91 Å². The Kier molecular flexibility index (Phi) is 7.61. The first-order chi connectivity index (χ1) is 14.5. The standard InChI is InChI=1S/C23H25BrN4O2/c1-28(2)12-13-30-20-10-8-17(9-11-20)22(16-6-7-16)27-23(29)18(15-25)14-19-4-3-5-21(24)26-19/h3-5,8-11,14,16,22H,6-7,12-13H2,1-2H3,(H,27,29). The van der Waals surface area contributed by atoms with Crippen molar-refractivity contribution in [2.75, 3.05) is 27.2 Å². The lowest BCUT2D eigenvalue weighted by atomic mass is 10.0. The Labute approximate surface area is 185 Å². The highest BCUT2D eigenvalue weighted by Crippen LogP contribution is 2.41. The Balaban J connectivity index is 1.69. The molecule has 7 heteroatoms. The van der Waals surface area contributed by atoms with Crippen LogP contribution in [0.25, 0.3) is 6.08 Å². The predicted molar refractivity (Wildman–Crippen MR) is 120 cm³/mol. The number of amides is 1. The number of nitriles is 1. The Morgan fingerprint density at radius 3 is 2.67 bits per heavy atom. The van der Waals surface area contributed by atoms with Crippen molar-refractivity contribution in [3.05, 3.63) is 63.9 Å². The van der Waals surface area contributed by atoms with E-state index in [1.807, 2.05) is 50.5 Å². The highest BCUT2D eigenvalue weighted by atomic mass is 79.9. The Morgan fingerprint density at radius 2 is 2.07 bits per heavy atom. The van der Waals surface area contributed by atoms with E-state index in [9.17, 15) is 10.1 Å². The van der Waals surface area contributed by atoms with Gasteiger partial charge in [-0.15, -0.1) is 0 Å². The minimum atomic E-state index is -0.387. The van der Waals surface area contributed by atoms with Crippen molar-refractivity contribution in [1.29, 1.82) is 5.26 Å². The quantitative estimate of drug-likeness (QED) is 0.342. The normalized spacial score (nSPS) is 14.8. The lowest BCUT2D eigenvalue weighted by Crippen LogP contribution is -2.30. The smallest absolute Gasteiger partial charge is 0.262 e. The number of halogens is 1. The summed E-state index contributed by atoms with van der Waals surface area (Å²) < 4.78 is 6.40. The Morgan fingerprint density at radius 1 is 1.33 bits per heavy atom. The van der Waals surface area contributed by atoms with Gasteiger partial charge in [0.1, 0.15) is 28.6 Å². The van der Waals surface area contributed by atoms with E-state index in [4.69, 9.17) is 4.74 Å². The van der Waals surface area contributed by atoms with E-state index in [1.54, 1.807) is 12.1 Å². The van der Waals surface area contributed by atoms with Crippen molar-refractivity contribution >= 4 is 27.9 Å². The fourth-order valence-corrected chi connectivity index (χ4v) is 3.40. The van der Waals surface area contributed by atoms with Crippen LogP contribution in [-0.4, -0.2) is 43.0 Å². The van der Waals surface area contributed by atoms with Gasteiger partial charge in [0.2, 0.25) is 0 Å². The van der Waals surface area contributed by atoms with Gasteiger partial charge in [-0.3, -0.25) is 4.79 Å². The van der Waals surface area contributed by atoms with E-state index >= 15 is 0 Å². The summed E-state index contributed by atoms with van der Waals surface area (Å²) in [7, 11) is 4.01. The summed E-state index contributed by atoms with van der Waals surface area (Å²) >= 11 is 3.30. The van der Waals surface area contributed by atoms with Gasteiger partial charge in [0, 0.05) is 6.54 Å². The minimum absolute atomic E-state index is 0.0369. The summed E-state index contributed by atoms with van der Waals surface area (Å²) in [5, 5.41) is 12.5. The van der Waals surface area contributed by atoms with Gasteiger partial charge < -0.3 is 15.0 Å². The first-order valence-electron chi connectivity index (χ1n) is 9.89. The topological polar surface area (TPSA) is 78.2 Å². The summed E-state index contributed by atoms with van der Waals surface area (Å²) in [5.74, 6) is 0.806. The van der Waals surface area contributed by atoms with E-state index in [-0.39, 0.29) is 17.5 Å². The van der Waals surface area contributed by atoms with Crippen LogP contribution in [0.3, 0.4) is 0 Å². The molecule has 0 saturated heterocycles. The molecular formula is C23H25BrN4O2. The van der Waals surface area contributed by atoms with Crippen LogP contribution < -0.4 is 10.1 Å². The van der Waals surface area contributed by atoms with Gasteiger partial charge in [-0.25, -0.2) is 4.98 Å². The average molecular weight is 469 g/mol. The second kappa shape index (κ2) is 10.4. The maximum Gasteiger partial charge on any atom is 0.262 e. The highest BCUT2D eigenvalue weighted by molar-refractivity contribution is 9.10. The first-order valence-corrected chi connectivity index (χ1v) is 10.7. The molecule has 1 aromatic heterocycles. The number of nitrogens with one attached hydrogen (secondary N) is 1. The molecule has 0 aliphatic heterocycles. The highest BCUT2D eigenvalue weighted by Gasteiger charge is 2.34. The van der Waals surface area contributed by atoms with Crippen molar-refractivity contribution in [3.8, 4) is 11.8 Å². The molecule has 1 aliphatic carbocycles. The Hall–Kier alpha value is -2.69. The SMILES string of the molecule is CN(C)CCOc1ccc(C(NC(=O)C(C#N)=Cc2cccc(Br)n2)C2CC2)cc1. The molecule has 1 atom stereocenters. The molecule has 0 spiro atoms. The monoisotopic (exact) mass is 468 g/mol. The fourth-order valence-electron chi connectivity index (χ4n) is 3.04. The summed E-state index contributed by atoms with van der Waals surface area (Å²) in [4.78, 5) is 19.1. The number of hydrogen-bond acceptors (Lipinski definition) is 5. The lowest BCUT2D eigenvalue weighted by Gasteiger charge is -2.19. The molecule has 6 nitrogen and oxygen atoms in total. The predicted octanol–water partition coefficient (Wildman–Crippen LogP) is 3.96. The van der Waals surface area contributed by atoms with E-state index < -0.39 is 0 Å². The van der Waals surface area contributed by atoms with Crippen molar-refractivity contribution in [3.63, 3.8) is 0 Å². The van der Waals surface area contributed by atoms with E-state index in [1.165, 1.54) is 6.08 Å². The van der Waals surface area contributed by atoms with E-state index in [0.29, 0.717) is 22.8 Å². The fraction of sp³-hybridized carbons (Fsp3) is 0.348. The van der Waals surface area contributed by atoms with Crippen LogP contribution in [0.4, 0.5) is 0 Å². The van der Waals surface area contributed by atoms with Crippen LogP contribution in [0.2, 0.25) is 0 Å². The van der Waals surface area contributed by atoms with Crippen molar-refractivity contribution < 1.29 is 9.53 Å². The number of nitrogens with zero attached hydrogens (tertiary/aromatic N) is 3. The van der Waals surface area contributed by atoms with Crippen molar-refractivity contribution in [2.24, 2.45) is 5.92 Å². The van der Waals surface area contributed by atoms with Gasteiger partial charge >= 0.3 is 0 Å². The minimum Gasteiger partial charge on any atom is -0.492 e. The number of hydrogen-bond donors (Lipinski definition) is 1. The first kappa shape index (κ1) is 22.0. The van der Waals surface area contributed by atoms with Crippen molar-refractivity contribution in [1.82, 2.24) is 15.2 Å². The van der Waals surface area contributed by atoms with Gasteiger partial charge in [-0.2, -0.15) is 5.26 Å². The molecule has 1 aromatic carbocycles. The molecule has 30 heavy (non-hydrogen) atoms. The Bertz CT molecular complexity index is 946. The van der Waals surface area contributed by atoms with E-state index in [0.717, 1.165) is 30.7 Å². The molecule has 2 aromatic rings. The molecule has 1 saturated carbocycles. The zero-order valence-corrected chi connectivity index (χ0v) is 18.7. The summed E-state index contributed by atoms with van der Waals surface area (Å²) in [6.45, 7) is 1.47. The lowest BCUT2D eigenvalue weighted by molar-refractivity contribution is -0.117. The molecule has 1 aliphatic rings. The summed E-state index contributed by atoms with van der Waals surface area (Å²) in [6.07, 6.45) is 3.63. The molecule has 1 amide bonds. The van der Waals surface area contributed by atoms with Crippen LogP contribution in [0.15, 0.2) is 52.6 Å². The second-order valence-corrected chi connectivity index (χ2v) is 8.38. The van der Waals surface area contributed by atoms with Gasteiger partial charge in [0.15, 0.2) is 0 Å². The van der Waals surface area contributed by atoms with Crippen LogP contribution >= 0.6 is 15.9 Å². The maximum absolute atomic E-state index is 12.8. The van der Waals surface area contributed by atoms with Crippen LogP contribution in [0, 0.1) is 17.2 Å². The molecule has 0 bridgehead atoms. The summed E-state index contributed by atoms with van der Waals surface area (Å²) in [6, 6.07) is 15.1. The third-order valence-corrected chi connectivity index (χ3v) is 5.26. The molecule has 1 fully saturated rings. The number of aromatic nitrogens is 1. The number of pyridine rings is 1. The molecule has 1 unspecified atom stereocenters. The number of likely N-dealkylation sites (N-methyl/N-ethyl adjacent to an activating group) is 1. The molecule has 0 radical (unpaired) electrons. The van der Waals surface area contributed by atoms with Crippen LogP contribution in [-0.2, 0) is 4.79 Å². The number of carbonyl (C=O) groups excluding carboxylic acids is 1. The third-order valence-electron chi connectivity index (χ3n) is 4.82. The molecule has 156 valence electrons. The molecular weight excluding hydrogens is 444 g/mol.